The summed E-state index contributed by atoms with van der Waals surface area (Å²) < 4.78 is 5.65. The highest BCUT2D eigenvalue weighted by atomic mass is 16.3. The molecule has 0 spiro atoms. The Bertz CT molecular complexity index is 1290. The van der Waals surface area contributed by atoms with Gasteiger partial charge in [-0.05, 0) is 49.3 Å². The van der Waals surface area contributed by atoms with Crippen LogP contribution in [0.2, 0.25) is 0 Å². The molecular weight excluding hydrogens is 432 g/mol. The Morgan fingerprint density at radius 2 is 1.91 bits per heavy atom. The minimum absolute atomic E-state index is 0.0385. The first-order valence-corrected chi connectivity index (χ1v) is 11.7. The third-order valence-electron chi connectivity index (χ3n) is 7.15. The zero-order valence-corrected chi connectivity index (χ0v) is 18.6. The van der Waals surface area contributed by atoms with E-state index in [2.05, 4.69) is 32.8 Å². The summed E-state index contributed by atoms with van der Waals surface area (Å²) >= 11 is 0. The van der Waals surface area contributed by atoms with Gasteiger partial charge in [0, 0.05) is 36.4 Å². The van der Waals surface area contributed by atoms with Crippen LogP contribution in [0, 0.1) is 17.8 Å². The maximum absolute atomic E-state index is 12.8. The smallest absolute Gasteiger partial charge is 0.253 e. The number of nitrogens with two attached hydrogens (primary N) is 1. The number of benzene rings is 1. The largest absolute Gasteiger partial charge is 0.459 e. The summed E-state index contributed by atoms with van der Waals surface area (Å²) in [6, 6.07) is 8.99. The van der Waals surface area contributed by atoms with Crippen molar-refractivity contribution in [1.29, 1.82) is 0 Å². The molecule has 0 unspecified atom stereocenters. The Balaban J connectivity index is 1.28. The number of hydrogen-bond acceptors (Lipinski definition) is 7. The van der Waals surface area contributed by atoms with Gasteiger partial charge in [0.05, 0.1) is 12.2 Å². The molecule has 9 nitrogen and oxygen atoms in total. The quantitative estimate of drug-likeness (QED) is 0.484. The van der Waals surface area contributed by atoms with Crippen LogP contribution in [0.3, 0.4) is 0 Å². The number of aromatic nitrogens is 2. The third-order valence-corrected chi connectivity index (χ3v) is 7.15. The van der Waals surface area contributed by atoms with Gasteiger partial charge >= 0.3 is 0 Å². The van der Waals surface area contributed by atoms with Crippen molar-refractivity contribution >= 4 is 40.4 Å². The van der Waals surface area contributed by atoms with Crippen molar-refractivity contribution in [2.24, 2.45) is 23.5 Å². The molecule has 2 amide bonds. The topological polar surface area (TPSA) is 126 Å². The van der Waals surface area contributed by atoms with Crippen LogP contribution < -0.4 is 16.4 Å². The molecule has 6 rings (SSSR count). The van der Waals surface area contributed by atoms with Crippen LogP contribution in [0.25, 0.3) is 11.1 Å². The van der Waals surface area contributed by atoms with E-state index in [0.717, 1.165) is 38.0 Å². The third kappa shape index (κ3) is 3.57. The summed E-state index contributed by atoms with van der Waals surface area (Å²) in [5.74, 6) is 0.693. The van der Waals surface area contributed by atoms with Gasteiger partial charge in [-0.1, -0.05) is 18.2 Å². The molecule has 4 atom stereocenters. The van der Waals surface area contributed by atoms with Crippen LogP contribution in [-0.2, 0) is 4.79 Å². The number of anilines is 3. The predicted octanol–water partition coefficient (Wildman–Crippen LogP) is 3.29. The number of likely N-dealkylation sites (tertiary alicyclic amines) is 1. The Hall–Kier alpha value is -3.88. The average Bonchev–Trinajstić information content (AvgIpc) is 3.63. The lowest BCUT2D eigenvalue weighted by Gasteiger charge is -2.27. The molecule has 4 N–H and O–H groups in total. The van der Waals surface area contributed by atoms with Crippen molar-refractivity contribution in [1.82, 2.24) is 14.9 Å². The van der Waals surface area contributed by atoms with E-state index in [1.807, 2.05) is 29.2 Å². The van der Waals surface area contributed by atoms with Crippen molar-refractivity contribution in [2.75, 3.05) is 23.7 Å². The van der Waals surface area contributed by atoms with Crippen LogP contribution in [-0.4, -0.2) is 45.8 Å². The number of carbonyl (C=O) groups is 2. The maximum Gasteiger partial charge on any atom is 0.253 e. The first kappa shape index (κ1) is 20.7. The number of amides is 2. The molecule has 1 aromatic carbocycles. The summed E-state index contributed by atoms with van der Waals surface area (Å²) in [5, 5.41) is 6.65. The molecule has 1 saturated heterocycles. The fourth-order valence-electron chi connectivity index (χ4n) is 5.54. The fourth-order valence-corrected chi connectivity index (χ4v) is 5.54. The van der Waals surface area contributed by atoms with E-state index in [4.69, 9.17) is 10.2 Å². The summed E-state index contributed by atoms with van der Waals surface area (Å²) in [6.45, 7) is 1.60. The minimum Gasteiger partial charge on any atom is -0.459 e. The fraction of sp³-hybridized carbons (Fsp3) is 0.360. The van der Waals surface area contributed by atoms with Crippen molar-refractivity contribution < 1.29 is 14.0 Å². The molecule has 1 aliphatic heterocycles. The van der Waals surface area contributed by atoms with E-state index in [-0.39, 0.29) is 35.6 Å². The van der Waals surface area contributed by atoms with Gasteiger partial charge in [-0.3, -0.25) is 9.59 Å². The minimum atomic E-state index is -0.308. The average molecular weight is 459 g/mol. The van der Waals surface area contributed by atoms with Crippen molar-refractivity contribution in [3.63, 3.8) is 0 Å². The van der Waals surface area contributed by atoms with E-state index in [0.29, 0.717) is 28.4 Å². The van der Waals surface area contributed by atoms with Crippen LogP contribution in [0.4, 0.5) is 17.5 Å². The lowest BCUT2D eigenvalue weighted by molar-refractivity contribution is -0.122. The number of primary amides is 1. The van der Waals surface area contributed by atoms with Gasteiger partial charge in [-0.2, -0.15) is 4.98 Å². The maximum atomic E-state index is 12.8. The molecule has 2 bridgehead atoms. The highest BCUT2D eigenvalue weighted by molar-refractivity contribution is 5.95. The number of rotatable bonds is 6. The number of hydrogen-bond donors (Lipinski definition) is 3. The normalized spacial score (nSPS) is 25.2. The van der Waals surface area contributed by atoms with Crippen molar-refractivity contribution in [3.8, 4) is 0 Å². The molecule has 2 aromatic heterocycles. The Morgan fingerprint density at radius 1 is 1.09 bits per heavy atom. The number of fused-ring (bicyclic) bond motifs is 3. The van der Waals surface area contributed by atoms with E-state index in [9.17, 15) is 9.59 Å². The number of carbonyl (C=O) groups excluding carboxylic acids is 2. The highest BCUT2D eigenvalue weighted by Gasteiger charge is 2.47. The summed E-state index contributed by atoms with van der Waals surface area (Å²) in [4.78, 5) is 36.0. The number of furan rings is 1. The lowest BCUT2D eigenvalue weighted by atomic mass is 9.88. The Kier molecular flexibility index (Phi) is 4.97. The van der Waals surface area contributed by atoms with E-state index < -0.39 is 0 Å². The predicted molar refractivity (Wildman–Crippen MR) is 127 cm³/mol. The molecular formula is C25H26N6O3. The second-order valence-electron chi connectivity index (χ2n) is 9.28. The Morgan fingerprint density at radius 3 is 2.74 bits per heavy atom. The molecule has 2 aliphatic carbocycles. The van der Waals surface area contributed by atoms with Gasteiger partial charge in [-0.25, -0.2) is 4.98 Å². The lowest BCUT2D eigenvalue weighted by Crippen LogP contribution is -2.41. The van der Waals surface area contributed by atoms with Crippen LogP contribution in [0.15, 0.2) is 53.2 Å². The van der Waals surface area contributed by atoms with Gasteiger partial charge in [0.2, 0.25) is 11.9 Å². The van der Waals surface area contributed by atoms with Gasteiger partial charge in [0.25, 0.3) is 5.91 Å². The number of nitrogens with one attached hydrogen (secondary N) is 2. The molecule has 3 aliphatic rings. The van der Waals surface area contributed by atoms with Gasteiger partial charge in [-0.15, -0.1) is 0 Å². The first-order valence-electron chi connectivity index (χ1n) is 11.7. The van der Waals surface area contributed by atoms with Crippen LogP contribution in [0.5, 0.6) is 0 Å². The zero-order chi connectivity index (χ0) is 23.2. The molecule has 3 aromatic rings. The van der Waals surface area contributed by atoms with E-state index >= 15 is 0 Å². The van der Waals surface area contributed by atoms with Crippen LogP contribution >= 0.6 is 0 Å². The molecule has 9 heteroatoms. The molecule has 3 heterocycles. The Labute approximate surface area is 196 Å². The second kappa shape index (κ2) is 8.16. The first-order chi connectivity index (χ1) is 16.6. The van der Waals surface area contributed by atoms with E-state index in [1.54, 1.807) is 12.3 Å². The summed E-state index contributed by atoms with van der Waals surface area (Å²) in [5.41, 5.74) is 8.24. The monoisotopic (exact) mass is 458 g/mol. The second-order valence-corrected chi connectivity index (χ2v) is 9.28. The van der Waals surface area contributed by atoms with Gasteiger partial charge in [0.15, 0.2) is 11.4 Å². The molecule has 34 heavy (non-hydrogen) atoms. The van der Waals surface area contributed by atoms with Crippen molar-refractivity contribution in [2.45, 2.75) is 25.3 Å². The molecule has 1 saturated carbocycles. The highest BCUT2D eigenvalue weighted by Crippen LogP contribution is 2.45. The van der Waals surface area contributed by atoms with Crippen LogP contribution in [0.1, 0.15) is 29.6 Å². The molecule has 2 fully saturated rings. The van der Waals surface area contributed by atoms with Crippen molar-refractivity contribution in [3.05, 3.63) is 54.3 Å². The van der Waals surface area contributed by atoms with E-state index in [1.165, 1.54) is 0 Å². The van der Waals surface area contributed by atoms with Gasteiger partial charge < -0.3 is 25.7 Å². The van der Waals surface area contributed by atoms with Gasteiger partial charge in [0.1, 0.15) is 5.52 Å². The molecule has 0 radical (unpaired) electrons. The number of allylic oxidation sites excluding steroid dienone is 1. The standard InChI is InChI=1S/C25H26N6O3/c26-22(32)19-14-6-7-15(12-14)20(19)29-23-21-18(8-11-34-21)28-25(30-23)27-17-5-3-4-16(13-17)24(33)31-9-1-2-10-31/h3-8,11,13-15,19-20H,1-2,9-10,12H2,(H2,26,32)(H2,27,28,29,30)/t14-,15+,19+,20-/m1/s1. The summed E-state index contributed by atoms with van der Waals surface area (Å²) in [6.07, 6.45) is 8.80. The number of nitrogens with zero attached hydrogens (tertiary/aromatic N) is 3. The molecule has 174 valence electrons. The zero-order valence-electron chi connectivity index (χ0n) is 18.6. The summed E-state index contributed by atoms with van der Waals surface area (Å²) in [7, 11) is 0. The SMILES string of the molecule is NC(=O)[C@@H]1[C@H](Nc2nc(Nc3cccc(C(=O)N4CCCC4)c3)nc3ccoc23)[C@H]2C=C[C@@H]1C2.